The first-order valence-electron chi connectivity index (χ1n) is 6.97. The molecule has 2 aliphatic rings. The molecule has 19 heavy (non-hydrogen) atoms. The molecule has 2 N–H and O–H groups in total. The number of hydrogen-bond acceptors (Lipinski definition) is 3. The van der Waals surface area contributed by atoms with Crippen molar-refractivity contribution in [1.29, 1.82) is 0 Å². The summed E-state index contributed by atoms with van der Waals surface area (Å²) in [6, 6.07) is 6.95. The number of hydrogen-bond donors (Lipinski definition) is 2. The van der Waals surface area contributed by atoms with Crippen LogP contribution in [0.5, 0.6) is 5.75 Å². The Morgan fingerprint density at radius 1 is 1.26 bits per heavy atom. The van der Waals surface area contributed by atoms with Gasteiger partial charge in [0.15, 0.2) is 0 Å². The zero-order chi connectivity index (χ0) is 12.4. The average molecular weight is 284 g/mol. The van der Waals surface area contributed by atoms with E-state index in [4.69, 9.17) is 4.74 Å². The molecule has 106 valence electrons. The van der Waals surface area contributed by atoms with Crippen LogP contribution >= 0.6 is 12.4 Å². The number of rotatable bonds is 6. The first kappa shape index (κ1) is 14.6. The highest BCUT2D eigenvalue weighted by Crippen LogP contribution is 2.26. The van der Waals surface area contributed by atoms with Crippen molar-refractivity contribution in [1.82, 2.24) is 5.32 Å². The number of aliphatic hydroxyl groups is 1. The molecule has 0 amide bonds. The van der Waals surface area contributed by atoms with E-state index in [1.807, 2.05) is 6.07 Å². The van der Waals surface area contributed by atoms with Gasteiger partial charge in [0.2, 0.25) is 0 Å². The number of aryl methyl sites for hydroxylation is 2. The van der Waals surface area contributed by atoms with E-state index < -0.39 is 6.10 Å². The topological polar surface area (TPSA) is 41.5 Å². The van der Waals surface area contributed by atoms with Crippen LogP contribution in [0.15, 0.2) is 18.2 Å². The molecule has 1 unspecified atom stereocenters. The third-order valence-corrected chi connectivity index (χ3v) is 3.73. The molecule has 3 rings (SSSR count). The van der Waals surface area contributed by atoms with E-state index in [-0.39, 0.29) is 12.4 Å². The van der Waals surface area contributed by atoms with Crippen molar-refractivity contribution in [3.63, 3.8) is 0 Å². The minimum absolute atomic E-state index is 0. The van der Waals surface area contributed by atoms with Gasteiger partial charge in [0.05, 0.1) is 0 Å². The van der Waals surface area contributed by atoms with Gasteiger partial charge in [-0.2, -0.15) is 0 Å². The van der Waals surface area contributed by atoms with Crippen molar-refractivity contribution in [2.45, 2.75) is 44.2 Å². The van der Waals surface area contributed by atoms with Crippen molar-refractivity contribution in [2.24, 2.45) is 0 Å². The number of ether oxygens (including phenoxy) is 1. The normalized spacial score (nSPS) is 18.6. The molecular weight excluding hydrogens is 262 g/mol. The van der Waals surface area contributed by atoms with Crippen LogP contribution in [0.1, 0.15) is 30.4 Å². The molecule has 1 aromatic rings. The summed E-state index contributed by atoms with van der Waals surface area (Å²) in [4.78, 5) is 0. The Balaban J connectivity index is 0.00000133. The maximum Gasteiger partial charge on any atom is 0.119 e. The molecule has 0 aliphatic heterocycles. The smallest absolute Gasteiger partial charge is 0.119 e. The maximum absolute atomic E-state index is 9.79. The fourth-order valence-electron chi connectivity index (χ4n) is 2.48. The van der Waals surface area contributed by atoms with Gasteiger partial charge in [-0.25, -0.2) is 0 Å². The lowest BCUT2D eigenvalue weighted by atomic mass is 10.1. The van der Waals surface area contributed by atoms with Crippen molar-refractivity contribution in [2.75, 3.05) is 13.2 Å². The lowest BCUT2D eigenvalue weighted by Gasteiger charge is -2.13. The van der Waals surface area contributed by atoms with Gasteiger partial charge in [-0.15, -0.1) is 12.4 Å². The highest BCUT2D eigenvalue weighted by Gasteiger charge is 2.21. The van der Waals surface area contributed by atoms with Gasteiger partial charge in [0.1, 0.15) is 18.5 Å². The molecule has 0 bridgehead atoms. The van der Waals surface area contributed by atoms with Gasteiger partial charge in [-0.1, -0.05) is 6.07 Å². The van der Waals surface area contributed by atoms with E-state index in [1.54, 1.807) is 0 Å². The monoisotopic (exact) mass is 283 g/mol. The van der Waals surface area contributed by atoms with Crippen molar-refractivity contribution >= 4 is 12.4 Å². The summed E-state index contributed by atoms with van der Waals surface area (Å²) in [6.07, 6.45) is 5.70. The maximum atomic E-state index is 9.79. The molecule has 0 spiro atoms. The Morgan fingerprint density at radius 2 is 2.05 bits per heavy atom. The van der Waals surface area contributed by atoms with Crippen LogP contribution in [0.3, 0.4) is 0 Å². The molecule has 4 heteroatoms. The second kappa shape index (κ2) is 6.60. The van der Waals surface area contributed by atoms with Gasteiger partial charge in [-0.05, 0) is 55.4 Å². The third kappa shape index (κ3) is 4.10. The Labute approximate surface area is 120 Å². The van der Waals surface area contributed by atoms with Gasteiger partial charge in [0.25, 0.3) is 0 Å². The van der Waals surface area contributed by atoms with E-state index >= 15 is 0 Å². The molecule has 0 heterocycles. The second-order valence-corrected chi connectivity index (χ2v) is 5.43. The highest BCUT2D eigenvalue weighted by atomic mass is 35.5. The zero-order valence-corrected chi connectivity index (χ0v) is 11.9. The molecule has 1 aromatic carbocycles. The van der Waals surface area contributed by atoms with Crippen LogP contribution in [0, 0.1) is 0 Å². The molecule has 0 saturated heterocycles. The van der Waals surface area contributed by atoms with Gasteiger partial charge < -0.3 is 15.2 Å². The summed E-state index contributed by atoms with van der Waals surface area (Å²) in [6.45, 7) is 1.01. The first-order chi connectivity index (χ1) is 8.81. The lowest BCUT2D eigenvalue weighted by Crippen LogP contribution is -2.32. The van der Waals surface area contributed by atoms with Gasteiger partial charge >= 0.3 is 0 Å². The van der Waals surface area contributed by atoms with Gasteiger partial charge in [0, 0.05) is 12.6 Å². The molecule has 3 nitrogen and oxygen atoms in total. The van der Waals surface area contributed by atoms with Crippen molar-refractivity contribution in [3.05, 3.63) is 29.3 Å². The molecule has 2 aliphatic carbocycles. The summed E-state index contributed by atoms with van der Waals surface area (Å²) >= 11 is 0. The number of benzene rings is 1. The van der Waals surface area contributed by atoms with E-state index in [0.29, 0.717) is 19.2 Å². The Kier molecular flexibility index (Phi) is 5.08. The molecular formula is C15H22ClNO2. The van der Waals surface area contributed by atoms with E-state index in [0.717, 1.165) is 5.75 Å². The number of aliphatic hydroxyl groups excluding tert-OH is 1. The van der Waals surface area contributed by atoms with Crippen LogP contribution in [0.25, 0.3) is 0 Å². The van der Waals surface area contributed by atoms with Crippen LogP contribution in [-0.4, -0.2) is 30.4 Å². The zero-order valence-electron chi connectivity index (χ0n) is 11.1. The van der Waals surface area contributed by atoms with E-state index in [1.165, 1.54) is 43.2 Å². The predicted molar refractivity (Wildman–Crippen MR) is 78.2 cm³/mol. The largest absolute Gasteiger partial charge is 0.491 e. The summed E-state index contributed by atoms with van der Waals surface area (Å²) < 4.78 is 5.66. The van der Waals surface area contributed by atoms with Gasteiger partial charge in [-0.3, -0.25) is 0 Å². The van der Waals surface area contributed by atoms with Crippen LogP contribution in [0.4, 0.5) is 0 Å². The summed E-state index contributed by atoms with van der Waals surface area (Å²) in [5.41, 5.74) is 2.87. The van der Waals surface area contributed by atoms with Crippen LogP contribution < -0.4 is 10.1 Å². The Bertz CT molecular complexity index is 421. The molecule has 1 atom stereocenters. The predicted octanol–water partition coefficient (Wildman–Crippen LogP) is 2.09. The van der Waals surface area contributed by atoms with Crippen LogP contribution in [-0.2, 0) is 12.8 Å². The minimum Gasteiger partial charge on any atom is -0.491 e. The highest BCUT2D eigenvalue weighted by molar-refractivity contribution is 5.85. The summed E-state index contributed by atoms with van der Waals surface area (Å²) in [7, 11) is 0. The molecule has 0 aromatic heterocycles. The number of nitrogens with one attached hydrogen (secondary N) is 1. The quantitative estimate of drug-likeness (QED) is 0.840. The molecule has 1 fully saturated rings. The SMILES string of the molecule is Cl.OC(CNC1CC1)COc1ccc2c(c1)CCC2. The van der Waals surface area contributed by atoms with E-state index in [2.05, 4.69) is 17.4 Å². The summed E-state index contributed by atoms with van der Waals surface area (Å²) in [5.74, 6) is 0.890. The van der Waals surface area contributed by atoms with E-state index in [9.17, 15) is 5.11 Å². The minimum atomic E-state index is -0.418. The fraction of sp³-hybridized carbons (Fsp3) is 0.600. The van der Waals surface area contributed by atoms with Crippen molar-refractivity contribution < 1.29 is 9.84 Å². The summed E-state index contributed by atoms with van der Waals surface area (Å²) in [5, 5.41) is 13.1. The fourth-order valence-corrected chi connectivity index (χ4v) is 2.48. The Morgan fingerprint density at radius 3 is 2.84 bits per heavy atom. The molecule has 1 saturated carbocycles. The number of halogens is 1. The lowest BCUT2D eigenvalue weighted by molar-refractivity contribution is 0.106. The second-order valence-electron chi connectivity index (χ2n) is 5.43. The average Bonchev–Trinajstić information content (AvgIpc) is 3.10. The first-order valence-corrected chi connectivity index (χ1v) is 6.97. The molecule has 0 radical (unpaired) electrons. The third-order valence-electron chi connectivity index (χ3n) is 3.73. The standard InChI is InChI=1S/C15H21NO2.ClH/c17-14(9-16-13-5-6-13)10-18-15-7-4-11-2-1-3-12(11)8-15;/h4,7-8,13-14,16-17H,1-3,5-6,9-10H2;1H. The van der Waals surface area contributed by atoms with Crippen molar-refractivity contribution in [3.8, 4) is 5.75 Å². The van der Waals surface area contributed by atoms with Crippen LogP contribution in [0.2, 0.25) is 0 Å². The Hall–Kier alpha value is -0.770. The number of fused-ring (bicyclic) bond motifs is 1.